The number of amides is 2. The zero-order chi connectivity index (χ0) is 20.1. The van der Waals surface area contributed by atoms with Crippen molar-refractivity contribution in [3.05, 3.63) is 64.7 Å². The van der Waals surface area contributed by atoms with E-state index in [0.717, 1.165) is 22.6 Å². The first-order valence-electron chi connectivity index (χ1n) is 9.12. The summed E-state index contributed by atoms with van der Waals surface area (Å²) in [6.07, 6.45) is -0.736. The average Bonchev–Trinajstić information content (AvgIpc) is 3.24. The van der Waals surface area contributed by atoms with Crippen LogP contribution in [0.2, 0.25) is 0 Å². The third-order valence-electron chi connectivity index (χ3n) is 4.59. The highest BCUT2D eigenvalue weighted by Gasteiger charge is 2.19. The molecule has 148 valence electrons. The minimum Gasteiger partial charge on any atom is -0.481 e. The molecule has 0 aromatic heterocycles. The molecule has 1 aliphatic heterocycles. The van der Waals surface area contributed by atoms with Crippen molar-refractivity contribution in [3.63, 3.8) is 0 Å². The fourth-order valence-corrected chi connectivity index (χ4v) is 5.59. The molecule has 2 amide bonds. The minimum atomic E-state index is -0.736. The summed E-state index contributed by atoms with van der Waals surface area (Å²) in [6.45, 7) is 5.58. The van der Waals surface area contributed by atoms with Gasteiger partial charge in [0.25, 0.3) is 11.8 Å². The molecule has 2 aromatic rings. The molecule has 0 saturated carbocycles. The Morgan fingerprint density at radius 1 is 1.04 bits per heavy atom. The zero-order valence-corrected chi connectivity index (χ0v) is 17.8. The van der Waals surface area contributed by atoms with Gasteiger partial charge in [-0.1, -0.05) is 24.3 Å². The SMILES string of the molecule is Cc1cccc(O[C@H](C)C(=O)NNC(=O)c2ccc(C3SCCS3)cc2)c1C. The molecule has 0 radical (unpaired) electrons. The van der Waals surface area contributed by atoms with E-state index in [2.05, 4.69) is 10.9 Å². The van der Waals surface area contributed by atoms with E-state index in [0.29, 0.717) is 15.9 Å². The summed E-state index contributed by atoms with van der Waals surface area (Å²) in [6, 6.07) is 13.2. The van der Waals surface area contributed by atoms with Gasteiger partial charge in [0.2, 0.25) is 0 Å². The summed E-state index contributed by atoms with van der Waals surface area (Å²) < 4.78 is 6.17. The van der Waals surface area contributed by atoms with Crippen molar-refractivity contribution < 1.29 is 14.3 Å². The Bertz CT molecular complexity index is 849. The highest BCUT2D eigenvalue weighted by Crippen LogP contribution is 2.45. The minimum absolute atomic E-state index is 0.356. The van der Waals surface area contributed by atoms with Crippen LogP contribution in [-0.4, -0.2) is 29.4 Å². The Labute approximate surface area is 174 Å². The number of hydrazine groups is 1. The van der Waals surface area contributed by atoms with Crippen molar-refractivity contribution in [2.75, 3.05) is 11.5 Å². The van der Waals surface area contributed by atoms with Gasteiger partial charge in [0.1, 0.15) is 5.75 Å². The number of aryl methyl sites for hydroxylation is 1. The molecule has 1 aliphatic rings. The lowest BCUT2D eigenvalue weighted by Crippen LogP contribution is -2.47. The molecule has 0 bridgehead atoms. The first-order chi connectivity index (χ1) is 13.5. The highest BCUT2D eigenvalue weighted by atomic mass is 32.2. The number of carbonyl (C=O) groups is 2. The van der Waals surface area contributed by atoms with Crippen LogP contribution < -0.4 is 15.6 Å². The quantitative estimate of drug-likeness (QED) is 0.721. The number of hydrogen-bond donors (Lipinski definition) is 2. The third kappa shape index (κ3) is 5.02. The lowest BCUT2D eigenvalue weighted by atomic mass is 10.1. The topological polar surface area (TPSA) is 67.4 Å². The number of thioether (sulfide) groups is 2. The van der Waals surface area contributed by atoms with Crippen LogP contribution >= 0.6 is 23.5 Å². The summed E-state index contributed by atoms with van der Waals surface area (Å²) in [4.78, 5) is 24.5. The maximum atomic E-state index is 12.3. The molecular formula is C21H24N2O3S2. The van der Waals surface area contributed by atoms with Crippen LogP contribution in [0, 0.1) is 13.8 Å². The standard InChI is InChI=1S/C21H24N2O3S2/c1-13-5-4-6-18(14(13)2)26-15(3)19(24)22-23-20(25)16-7-9-17(10-8-16)21-27-11-12-28-21/h4-10,15,21H,11-12H2,1-3H3,(H,22,24)(H,23,25)/t15-/m1/s1. The third-order valence-corrected chi connectivity index (χ3v) is 7.70. The van der Waals surface area contributed by atoms with E-state index in [1.165, 1.54) is 5.56 Å². The van der Waals surface area contributed by atoms with Gasteiger partial charge in [0.05, 0.1) is 4.58 Å². The maximum Gasteiger partial charge on any atom is 0.279 e. The predicted octanol–water partition coefficient (Wildman–Crippen LogP) is 4.01. The highest BCUT2D eigenvalue weighted by molar-refractivity contribution is 8.19. The van der Waals surface area contributed by atoms with E-state index >= 15 is 0 Å². The molecule has 1 saturated heterocycles. The van der Waals surface area contributed by atoms with E-state index in [4.69, 9.17) is 4.74 Å². The lowest BCUT2D eigenvalue weighted by Gasteiger charge is -2.17. The number of nitrogens with one attached hydrogen (secondary N) is 2. The Balaban J connectivity index is 1.51. The molecule has 0 spiro atoms. The Morgan fingerprint density at radius 3 is 2.39 bits per heavy atom. The number of rotatable bonds is 5. The van der Waals surface area contributed by atoms with Gasteiger partial charge in [-0.2, -0.15) is 0 Å². The fourth-order valence-electron chi connectivity index (χ4n) is 2.73. The Morgan fingerprint density at radius 2 is 1.71 bits per heavy atom. The van der Waals surface area contributed by atoms with Gasteiger partial charge in [0.15, 0.2) is 6.10 Å². The maximum absolute atomic E-state index is 12.3. The molecule has 1 fully saturated rings. The monoisotopic (exact) mass is 416 g/mol. The molecule has 5 nitrogen and oxygen atoms in total. The summed E-state index contributed by atoms with van der Waals surface area (Å²) >= 11 is 3.84. The molecule has 0 aliphatic carbocycles. The molecule has 7 heteroatoms. The van der Waals surface area contributed by atoms with Gasteiger partial charge in [0, 0.05) is 17.1 Å². The number of carbonyl (C=O) groups excluding carboxylic acids is 2. The van der Waals surface area contributed by atoms with Gasteiger partial charge in [-0.15, -0.1) is 23.5 Å². The second-order valence-electron chi connectivity index (χ2n) is 6.60. The number of benzene rings is 2. The van der Waals surface area contributed by atoms with Crippen LogP contribution in [0.3, 0.4) is 0 Å². The molecule has 2 N–H and O–H groups in total. The fraction of sp³-hybridized carbons (Fsp3) is 0.333. The summed E-state index contributed by atoms with van der Waals surface area (Å²) in [5, 5.41) is 0. The van der Waals surface area contributed by atoms with Gasteiger partial charge in [-0.3, -0.25) is 20.4 Å². The summed E-state index contributed by atoms with van der Waals surface area (Å²) in [7, 11) is 0. The van der Waals surface area contributed by atoms with E-state index < -0.39 is 12.0 Å². The molecule has 0 unspecified atom stereocenters. The van der Waals surface area contributed by atoms with Crippen LogP contribution in [0.25, 0.3) is 0 Å². The molecule has 2 aromatic carbocycles. The van der Waals surface area contributed by atoms with Gasteiger partial charge in [-0.05, 0) is 55.7 Å². The second kappa shape index (κ2) is 9.39. The van der Waals surface area contributed by atoms with Gasteiger partial charge >= 0.3 is 0 Å². The molecular weight excluding hydrogens is 392 g/mol. The first kappa shape index (κ1) is 20.6. The molecule has 28 heavy (non-hydrogen) atoms. The Kier molecular flexibility index (Phi) is 6.91. The van der Waals surface area contributed by atoms with E-state index in [-0.39, 0.29) is 5.91 Å². The van der Waals surface area contributed by atoms with Crippen molar-refractivity contribution in [1.29, 1.82) is 0 Å². The van der Waals surface area contributed by atoms with Crippen LogP contribution in [0.15, 0.2) is 42.5 Å². The second-order valence-corrected chi connectivity index (χ2v) is 9.32. The van der Waals surface area contributed by atoms with Gasteiger partial charge < -0.3 is 4.74 Å². The lowest BCUT2D eigenvalue weighted by molar-refractivity contribution is -0.128. The number of ether oxygens (including phenoxy) is 1. The van der Waals surface area contributed by atoms with E-state index in [9.17, 15) is 9.59 Å². The van der Waals surface area contributed by atoms with Crippen molar-refractivity contribution >= 4 is 35.3 Å². The zero-order valence-electron chi connectivity index (χ0n) is 16.2. The first-order valence-corrected chi connectivity index (χ1v) is 11.2. The molecule has 1 heterocycles. The largest absolute Gasteiger partial charge is 0.481 e. The van der Waals surface area contributed by atoms with Gasteiger partial charge in [-0.25, -0.2) is 0 Å². The van der Waals surface area contributed by atoms with Crippen LogP contribution in [-0.2, 0) is 4.79 Å². The normalized spacial score (nSPS) is 15.1. The number of hydrogen-bond acceptors (Lipinski definition) is 5. The van der Waals surface area contributed by atoms with Crippen molar-refractivity contribution in [2.45, 2.75) is 31.5 Å². The molecule has 1 atom stereocenters. The van der Waals surface area contributed by atoms with Crippen LogP contribution in [0.4, 0.5) is 0 Å². The Hall–Kier alpha value is -2.12. The average molecular weight is 417 g/mol. The smallest absolute Gasteiger partial charge is 0.279 e. The van der Waals surface area contributed by atoms with E-state index in [1.807, 2.05) is 67.7 Å². The van der Waals surface area contributed by atoms with E-state index in [1.54, 1.807) is 19.1 Å². The van der Waals surface area contributed by atoms with Crippen molar-refractivity contribution in [1.82, 2.24) is 10.9 Å². The van der Waals surface area contributed by atoms with Crippen LogP contribution in [0.1, 0.15) is 38.6 Å². The predicted molar refractivity (Wildman–Crippen MR) is 116 cm³/mol. The van der Waals surface area contributed by atoms with Crippen molar-refractivity contribution in [2.24, 2.45) is 0 Å². The van der Waals surface area contributed by atoms with Crippen molar-refractivity contribution in [3.8, 4) is 5.75 Å². The summed E-state index contributed by atoms with van der Waals surface area (Å²) in [5.74, 6) is 2.21. The molecule has 3 rings (SSSR count). The summed E-state index contributed by atoms with van der Waals surface area (Å²) in [5.41, 5.74) is 8.68. The van der Waals surface area contributed by atoms with Crippen LogP contribution in [0.5, 0.6) is 5.75 Å².